The average Bonchev–Trinajstić information content (AvgIpc) is 3.38. The van der Waals surface area contributed by atoms with Crippen molar-refractivity contribution in [3.05, 3.63) is 134 Å². The third-order valence-corrected chi connectivity index (χ3v) is 12.2. The van der Waals surface area contributed by atoms with Crippen molar-refractivity contribution in [2.45, 2.75) is 258 Å². The molecule has 72 heavy (non-hydrogen) atoms. The van der Waals surface area contributed by atoms with Gasteiger partial charge in [-0.3, -0.25) is 9.59 Å². The lowest BCUT2D eigenvalue weighted by Gasteiger charge is -2.18. The third kappa shape index (κ3) is 58.6. The Hall–Kier alpha value is -3.96. The molecule has 5 nitrogen and oxygen atoms in total. The number of allylic oxidation sites excluding steroid dienone is 22. The normalized spacial score (nSPS) is 13.2. The van der Waals surface area contributed by atoms with Gasteiger partial charge >= 0.3 is 11.9 Å². The zero-order valence-electron chi connectivity index (χ0n) is 46.9. The summed E-state index contributed by atoms with van der Waals surface area (Å²) in [5.41, 5.74) is 0. The summed E-state index contributed by atoms with van der Waals surface area (Å²) < 4.78 is 17.5. The SMILES string of the molecule is CC/C=C\C/C=C\C/C=C\C/C=C\C/C=C\CCCCCC(=O)OCC(COCCCCCCC/C=C\C/C=C\C/C=C\C/C=C\CC)OC(=O)CCCCCCCCCCC/C=C\C/C=C\CCCCC. The molecule has 0 rings (SSSR count). The third-order valence-electron chi connectivity index (χ3n) is 12.2. The van der Waals surface area contributed by atoms with E-state index in [0.717, 1.165) is 128 Å². The van der Waals surface area contributed by atoms with Gasteiger partial charge in [-0.25, -0.2) is 0 Å². The first-order chi connectivity index (χ1) is 35.6. The molecule has 0 bridgehead atoms. The van der Waals surface area contributed by atoms with E-state index in [1.54, 1.807) is 0 Å². The molecule has 408 valence electrons. The van der Waals surface area contributed by atoms with Crippen molar-refractivity contribution in [3.8, 4) is 0 Å². The molecule has 0 aliphatic heterocycles. The predicted molar refractivity (Wildman–Crippen MR) is 315 cm³/mol. The first kappa shape index (κ1) is 68.0. The Morgan fingerprint density at radius 1 is 0.319 bits per heavy atom. The lowest BCUT2D eigenvalue weighted by atomic mass is 10.1. The minimum absolute atomic E-state index is 0.0503. The Balaban J connectivity index is 4.41. The van der Waals surface area contributed by atoms with Gasteiger partial charge in [0.05, 0.1) is 6.61 Å². The van der Waals surface area contributed by atoms with Crippen LogP contribution in [0.4, 0.5) is 0 Å². The second-order valence-corrected chi connectivity index (χ2v) is 19.1. The van der Waals surface area contributed by atoms with Crippen LogP contribution in [0.15, 0.2) is 134 Å². The van der Waals surface area contributed by atoms with Crippen molar-refractivity contribution in [1.82, 2.24) is 0 Å². The van der Waals surface area contributed by atoms with Gasteiger partial charge in [-0.05, 0) is 135 Å². The van der Waals surface area contributed by atoms with E-state index in [1.807, 2.05) is 0 Å². The summed E-state index contributed by atoms with van der Waals surface area (Å²) in [7, 11) is 0. The molecule has 0 amide bonds. The number of hydrogen-bond acceptors (Lipinski definition) is 5. The largest absolute Gasteiger partial charge is 0.462 e. The van der Waals surface area contributed by atoms with Crippen LogP contribution in [0, 0.1) is 0 Å². The summed E-state index contributed by atoms with van der Waals surface area (Å²) in [6.07, 6.45) is 87.6. The maximum Gasteiger partial charge on any atom is 0.306 e. The van der Waals surface area contributed by atoms with Crippen molar-refractivity contribution in [2.24, 2.45) is 0 Å². The van der Waals surface area contributed by atoms with Crippen molar-refractivity contribution < 1.29 is 23.8 Å². The molecule has 1 unspecified atom stereocenters. The van der Waals surface area contributed by atoms with Gasteiger partial charge in [-0.2, -0.15) is 0 Å². The molecule has 0 aromatic heterocycles. The minimum atomic E-state index is -0.574. The first-order valence-corrected chi connectivity index (χ1v) is 29.7. The fourth-order valence-corrected chi connectivity index (χ4v) is 7.79. The Labute approximate surface area is 445 Å². The Morgan fingerprint density at radius 3 is 1.01 bits per heavy atom. The zero-order chi connectivity index (χ0) is 52.0. The predicted octanol–water partition coefficient (Wildman–Crippen LogP) is 20.7. The molecule has 0 aliphatic rings. The van der Waals surface area contributed by atoms with E-state index in [-0.39, 0.29) is 25.2 Å². The highest BCUT2D eigenvalue weighted by atomic mass is 16.6. The van der Waals surface area contributed by atoms with E-state index in [4.69, 9.17) is 14.2 Å². The number of ether oxygens (including phenoxy) is 3. The van der Waals surface area contributed by atoms with Crippen molar-refractivity contribution in [3.63, 3.8) is 0 Å². The van der Waals surface area contributed by atoms with Gasteiger partial charge in [0.2, 0.25) is 0 Å². The molecular weight excluding hydrogens is 885 g/mol. The highest BCUT2D eigenvalue weighted by Crippen LogP contribution is 2.14. The summed E-state index contributed by atoms with van der Waals surface area (Å²) in [5, 5.41) is 0. The molecule has 0 saturated heterocycles. The van der Waals surface area contributed by atoms with E-state index in [0.29, 0.717) is 19.4 Å². The second-order valence-electron chi connectivity index (χ2n) is 19.1. The van der Waals surface area contributed by atoms with Crippen molar-refractivity contribution in [2.75, 3.05) is 19.8 Å². The molecule has 0 radical (unpaired) electrons. The van der Waals surface area contributed by atoms with E-state index >= 15 is 0 Å². The molecule has 0 fully saturated rings. The van der Waals surface area contributed by atoms with Gasteiger partial charge in [0.1, 0.15) is 6.61 Å². The van der Waals surface area contributed by atoms with Crippen LogP contribution < -0.4 is 0 Å². The smallest absolute Gasteiger partial charge is 0.306 e. The van der Waals surface area contributed by atoms with Crippen LogP contribution in [-0.2, 0) is 23.8 Å². The molecule has 5 heteroatoms. The highest BCUT2D eigenvalue weighted by Gasteiger charge is 2.17. The molecule has 0 spiro atoms. The fourth-order valence-electron chi connectivity index (χ4n) is 7.79. The van der Waals surface area contributed by atoms with E-state index in [2.05, 4.69) is 154 Å². The standard InChI is InChI=1S/C67H110O5/c1-4-7-10-13-16-19-22-25-28-31-34-36-39-42-45-48-51-54-57-60-66(68)71-64-65(63-70-62-59-56-53-50-47-44-41-38-33-30-27-24-21-18-15-12-9-6-3)72-67(69)61-58-55-52-49-46-43-40-37-35-32-29-26-23-20-17-14-11-8-5-2/h7,9-10,12,16-21,25-30,34,36,38,41-42,45,65H,4-6,8,11,13-15,22-24,31-33,35,37,39-40,43-44,46-64H2,1-3H3/b10-7-,12-9-,19-16-,20-17-,21-18-,28-25-,29-26-,30-27-,36-34-,41-38-,45-42-. The molecule has 0 saturated carbocycles. The number of hydrogen-bond donors (Lipinski definition) is 0. The Kier molecular flexibility index (Phi) is 58.0. The van der Waals surface area contributed by atoms with Crippen LogP contribution in [0.5, 0.6) is 0 Å². The van der Waals surface area contributed by atoms with Gasteiger partial charge in [-0.1, -0.05) is 238 Å². The van der Waals surface area contributed by atoms with Gasteiger partial charge < -0.3 is 14.2 Å². The zero-order valence-corrected chi connectivity index (χ0v) is 46.9. The quantitative estimate of drug-likeness (QED) is 0.0345. The van der Waals surface area contributed by atoms with Crippen LogP contribution in [0.3, 0.4) is 0 Å². The van der Waals surface area contributed by atoms with Crippen LogP contribution in [0.2, 0.25) is 0 Å². The van der Waals surface area contributed by atoms with Crippen molar-refractivity contribution >= 4 is 11.9 Å². The lowest BCUT2D eigenvalue weighted by Crippen LogP contribution is -2.30. The van der Waals surface area contributed by atoms with Crippen LogP contribution in [0.25, 0.3) is 0 Å². The molecule has 0 aromatic rings. The van der Waals surface area contributed by atoms with Crippen LogP contribution in [-0.4, -0.2) is 37.9 Å². The van der Waals surface area contributed by atoms with Gasteiger partial charge in [0.15, 0.2) is 6.10 Å². The molecule has 0 aliphatic carbocycles. The number of unbranched alkanes of at least 4 members (excludes halogenated alkanes) is 20. The topological polar surface area (TPSA) is 61.8 Å². The van der Waals surface area contributed by atoms with Crippen LogP contribution >= 0.6 is 0 Å². The molecule has 1 atom stereocenters. The average molecular weight is 996 g/mol. The first-order valence-electron chi connectivity index (χ1n) is 29.7. The lowest BCUT2D eigenvalue weighted by molar-refractivity contribution is -0.163. The highest BCUT2D eigenvalue weighted by molar-refractivity contribution is 5.70. The molecular formula is C67H110O5. The Bertz CT molecular complexity index is 1500. The second kappa shape index (κ2) is 61.3. The summed E-state index contributed by atoms with van der Waals surface area (Å²) in [5.74, 6) is -0.454. The summed E-state index contributed by atoms with van der Waals surface area (Å²) in [6, 6.07) is 0. The number of carbonyl (C=O) groups is 2. The van der Waals surface area contributed by atoms with Gasteiger partial charge in [0.25, 0.3) is 0 Å². The van der Waals surface area contributed by atoms with Gasteiger partial charge in [0, 0.05) is 19.4 Å². The minimum Gasteiger partial charge on any atom is -0.462 e. The fraction of sp³-hybridized carbons (Fsp3) is 0.642. The summed E-state index contributed by atoms with van der Waals surface area (Å²) in [4.78, 5) is 25.6. The monoisotopic (exact) mass is 995 g/mol. The Morgan fingerprint density at radius 2 is 0.625 bits per heavy atom. The molecule has 0 N–H and O–H groups in total. The summed E-state index contributed by atoms with van der Waals surface area (Å²) in [6.45, 7) is 7.50. The molecule has 0 heterocycles. The van der Waals surface area contributed by atoms with Crippen LogP contribution in [0.1, 0.15) is 252 Å². The molecule has 0 aromatic carbocycles. The van der Waals surface area contributed by atoms with Crippen molar-refractivity contribution in [1.29, 1.82) is 0 Å². The number of rotatable bonds is 53. The van der Waals surface area contributed by atoms with E-state index < -0.39 is 6.10 Å². The van der Waals surface area contributed by atoms with E-state index in [1.165, 1.54) is 89.9 Å². The number of carbonyl (C=O) groups excluding carboxylic acids is 2. The van der Waals surface area contributed by atoms with Gasteiger partial charge in [-0.15, -0.1) is 0 Å². The maximum absolute atomic E-state index is 12.9. The number of esters is 2. The summed E-state index contributed by atoms with van der Waals surface area (Å²) >= 11 is 0. The van der Waals surface area contributed by atoms with E-state index in [9.17, 15) is 9.59 Å². The maximum atomic E-state index is 12.9.